The fourth-order valence-electron chi connectivity index (χ4n) is 5.40. The molecule has 29 heavy (non-hydrogen) atoms. The van der Waals surface area contributed by atoms with Crippen molar-refractivity contribution in [3.63, 3.8) is 0 Å². The summed E-state index contributed by atoms with van der Waals surface area (Å²) in [5.41, 5.74) is 2.07. The number of hydrogen-bond acceptors (Lipinski definition) is 3. The van der Waals surface area contributed by atoms with E-state index in [9.17, 15) is 4.79 Å². The predicted octanol–water partition coefficient (Wildman–Crippen LogP) is 5.16. The summed E-state index contributed by atoms with van der Waals surface area (Å²) in [7, 11) is 0. The molecular weight excluding hydrogens is 378 g/mol. The van der Waals surface area contributed by atoms with Crippen molar-refractivity contribution in [2.24, 2.45) is 5.92 Å². The van der Waals surface area contributed by atoms with Crippen LogP contribution in [0.15, 0.2) is 41.8 Å². The summed E-state index contributed by atoms with van der Waals surface area (Å²) in [5.74, 6) is 2.09. The van der Waals surface area contributed by atoms with Gasteiger partial charge in [-0.25, -0.2) is 4.98 Å². The zero-order valence-electron chi connectivity index (χ0n) is 17.1. The average molecular weight is 408 g/mol. The Hall–Kier alpha value is -2.14. The number of aromatic nitrogens is 2. The molecule has 0 unspecified atom stereocenters. The normalized spacial score (nSPS) is 19.8. The smallest absolute Gasteiger partial charge is 0.234 e. The van der Waals surface area contributed by atoms with Crippen molar-refractivity contribution < 1.29 is 4.79 Å². The van der Waals surface area contributed by atoms with Crippen molar-refractivity contribution in [1.82, 2.24) is 14.5 Å². The standard InChI is InChI=1S/C24H29N3OS/c1-18-25-20-7-2-3-8-21(20)27(18)17-19-10-14-26(15-11-19)23(28)24(12-4-5-13-24)22-9-6-16-29-22/h2-3,6-9,16,19H,4-5,10-15,17H2,1H3. The van der Waals surface area contributed by atoms with Crippen molar-refractivity contribution in [2.75, 3.05) is 13.1 Å². The molecule has 0 spiro atoms. The molecule has 2 aromatic heterocycles. The molecule has 1 saturated heterocycles. The Morgan fingerprint density at radius 1 is 1.14 bits per heavy atom. The van der Waals surface area contributed by atoms with Gasteiger partial charge in [0.1, 0.15) is 5.82 Å². The van der Waals surface area contributed by atoms with Crippen LogP contribution in [0.25, 0.3) is 11.0 Å². The number of hydrogen-bond donors (Lipinski definition) is 0. The van der Waals surface area contributed by atoms with E-state index >= 15 is 0 Å². The van der Waals surface area contributed by atoms with Gasteiger partial charge in [-0.05, 0) is 62.1 Å². The first-order valence-electron chi connectivity index (χ1n) is 10.9. The summed E-state index contributed by atoms with van der Waals surface area (Å²) in [4.78, 5) is 21.7. The van der Waals surface area contributed by atoms with Crippen LogP contribution in [-0.2, 0) is 16.8 Å². The highest BCUT2D eigenvalue weighted by atomic mass is 32.1. The Balaban J connectivity index is 1.28. The number of amides is 1. The fraction of sp³-hybridized carbons (Fsp3) is 0.500. The SMILES string of the molecule is Cc1nc2ccccc2n1CC1CCN(C(=O)C2(c3cccs3)CCCC2)CC1. The zero-order chi connectivity index (χ0) is 19.8. The van der Waals surface area contributed by atoms with Gasteiger partial charge >= 0.3 is 0 Å². The maximum atomic E-state index is 13.6. The lowest BCUT2D eigenvalue weighted by atomic mass is 9.82. The first kappa shape index (κ1) is 18.9. The molecule has 0 atom stereocenters. The van der Waals surface area contributed by atoms with Gasteiger partial charge in [0.2, 0.25) is 5.91 Å². The second-order valence-corrected chi connectivity index (χ2v) is 9.71. The number of piperidine rings is 1. The summed E-state index contributed by atoms with van der Waals surface area (Å²) in [5, 5.41) is 2.12. The van der Waals surface area contributed by atoms with E-state index < -0.39 is 0 Å². The van der Waals surface area contributed by atoms with Crippen LogP contribution in [0.4, 0.5) is 0 Å². The lowest BCUT2D eigenvalue weighted by Gasteiger charge is -2.38. The Labute approximate surface area is 176 Å². The fourth-order valence-corrected chi connectivity index (χ4v) is 6.38. The minimum atomic E-state index is -0.238. The van der Waals surface area contributed by atoms with Gasteiger partial charge in [0.15, 0.2) is 0 Å². The highest BCUT2D eigenvalue weighted by molar-refractivity contribution is 7.10. The Kier molecular flexibility index (Phi) is 4.94. The van der Waals surface area contributed by atoms with E-state index in [2.05, 4.69) is 58.2 Å². The van der Waals surface area contributed by atoms with Crippen LogP contribution in [0, 0.1) is 12.8 Å². The third-order valence-electron chi connectivity index (χ3n) is 7.05. The van der Waals surface area contributed by atoms with E-state index in [1.807, 2.05) is 0 Å². The van der Waals surface area contributed by atoms with E-state index in [0.29, 0.717) is 11.8 Å². The van der Waals surface area contributed by atoms with E-state index in [1.54, 1.807) is 11.3 Å². The molecule has 1 aliphatic heterocycles. The summed E-state index contributed by atoms with van der Waals surface area (Å²) in [6.07, 6.45) is 6.55. The molecular formula is C24H29N3OS. The second kappa shape index (κ2) is 7.60. The number of imidazole rings is 1. The topological polar surface area (TPSA) is 38.1 Å². The number of likely N-dealkylation sites (tertiary alicyclic amines) is 1. The Bertz CT molecular complexity index is 992. The van der Waals surface area contributed by atoms with E-state index in [1.165, 1.54) is 23.2 Å². The largest absolute Gasteiger partial charge is 0.342 e. The highest BCUT2D eigenvalue weighted by Gasteiger charge is 2.46. The maximum Gasteiger partial charge on any atom is 0.234 e. The van der Waals surface area contributed by atoms with Crippen LogP contribution in [0.3, 0.4) is 0 Å². The maximum absolute atomic E-state index is 13.6. The number of rotatable bonds is 4. The quantitative estimate of drug-likeness (QED) is 0.599. The van der Waals surface area contributed by atoms with Crippen molar-refractivity contribution in [2.45, 2.75) is 57.4 Å². The molecule has 0 N–H and O–H groups in total. The van der Waals surface area contributed by atoms with Crippen LogP contribution in [0.5, 0.6) is 0 Å². The van der Waals surface area contributed by atoms with Gasteiger partial charge in [0, 0.05) is 24.5 Å². The molecule has 1 aliphatic carbocycles. The minimum Gasteiger partial charge on any atom is -0.342 e. The number of carbonyl (C=O) groups is 1. The van der Waals surface area contributed by atoms with Crippen molar-refractivity contribution in [3.05, 3.63) is 52.5 Å². The predicted molar refractivity (Wildman–Crippen MR) is 118 cm³/mol. The highest BCUT2D eigenvalue weighted by Crippen LogP contribution is 2.45. The lowest BCUT2D eigenvalue weighted by molar-refractivity contribution is -0.138. The summed E-state index contributed by atoms with van der Waals surface area (Å²) in [6, 6.07) is 12.7. The van der Waals surface area contributed by atoms with Crippen LogP contribution in [0.2, 0.25) is 0 Å². The summed E-state index contributed by atoms with van der Waals surface area (Å²) >= 11 is 1.76. The van der Waals surface area contributed by atoms with Gasteiger partial charge in [-0.15, -0.1) is 11.3 Å². The number of para-hydroxylation sites is 2. The van der Waals surface area contributed by atoms with Crippen molar-refractivity contribution in [1.29, 1.82) is 0 Å². The molecule has 1 amide bonds. The molecule has 3 aromatic rings. The molecule has 2 aliphatic rings. The van der Waals surface area contributed by atoms with Crippen LogP contribution >= 0.6 is 11.3 Å². The van der Waals surface area contributed by atoms with Crippen LogP contribution in [-0.4, -0.2) is 33.4 Å². The molecule has 1 aromatic carbocycles. The van der Waals surface area contributed by atoms with E-state index in [-0.39, 0.29) is 5.41 Å². The summed E-state index contributed by atoms with van der Waals surface area (Å²) < 4.78 is 2.36. The number of aryl methyl sites for hydroxylation is 1. The van der Waals surface area contributed by atoms with Gasteiger partial charge in [0.25, 0.3) is 0 Å². The number of benzene rings is 1. The third-order valence-corrected chi connectivity index (χ3v) is 8.12. The van der Waals surface area contributed by atoms with Crippen molar-refractivity contribution >= 4 is 28.3 Å². The van der Waals surface area contributed by atoms with Gasteiger partial charge in [-0.2, -0.15) is 0 Å². The molecule has 152 valence electrons. The molecule has 0 bridgehead atoms. The molecule has 0 radical (unpaired) electrons. The lowest BCUT2D eigenvalue weighted by Crippen LogP contribution is -2.48. The number of fused-ring (bicyclic) bond motifs is 1. The van der Waals surface area contributed by atoms with Gasteiger partial charge in [-0.1, -0.05) is 31.0 Å². The minimum absolute atomic E-state index is 0.238. The van der Waals surface area contributed by atoms with Gasteiger partial charge in [0.05, 0.1) is 16.4 Å². The molecule has 4 nitrogen and oxygen atoms in total. The summed E-state index contributed by atoms with van der Waals surface area (Å²) in [6.45, 7) is 4.89. The molecule has 1 saturated carbocycles. The number of nitrogens with zero attached hydrogens (tertiary/aromatic N) is 3. The second-order valence-electron chi connectivity index (χ2n) is 8.76. The van der Waals surface area contributed by atoms with E-state index in [4.69, 9.17) is 4.98 Å². The van der Waals surface area contributed by atoms with Crippen LogP contribution < -0.4 is 0 Å². The Morgan fingerprint density at radius 3 is 2.62 bits per heavy atom. The third kappa shape index (κ3) is 3.29. The molecule has 2 fully saturated rings. The monoisotopic (exact) mass is 407 g/mol. The van der Waals surface area contributed by atoms with E-state index in [0.717, 1.165) is 56.7 Å². The first-order valence-corrected chi connectivity index (χ1v) is 11.8. The zero-order valence-corrected chi connectivity index (χ0v) is 18.0. The molecule has 3 heterocycles. The van der Waals surface area contributed by atoms with Gasteiger partial charge < -0.3 is 9.47 Å². The molecule has 5 heteroatoms. The average Bonchev–Trinajstić information content (AvgIpc) is 3.49. The number of thiophene rings is 1. The van der Waals surface area contributed by atoms with Crippen molar-refractivity contribution in [3.8, 4) is 0 Å². The van der Waals surface area contributed by atoms with Gasteiger partial charge in [-0.3, -0.25) is 4.79 Å². The number of carbonyl (C=O) groups excluding carboxylic acids is 1. The molecule has 5 rings (SSSR count). The van der Waals surface area contributed by atoms with Crippen LogP contribution in [0.1, 0.15) is 49.2 Å². The first-order chi connectivity index (χ1) is 14.2. The Morgan fingerprint density at radius 2 is 1.90 bits per heavy atom.